The fourth-order valence-corrected chi connectivity index (χ4v) is 3.76. The van der Waals surface area contributed by atoms with Gasteiger partial charge in [0, 0.05) is 0 Å². The summed E-state index contributed by atoms with van der Waals surface area (Å²) in [6, 6.07) is 9.02. The lowest BCUT2D eigenvalue weighted by atomic mass is 10.1. The van der Waals surface area contributed by atoms with Gasteiger partial charge in [0.1, 0.15) is 0 Å². The third kappa shape index (κ3) is 3.22. The Labute approximate surface area is 118 Å². The highest BCUT2D eigenvalue weighted by Crippen LogP contribution is 2.17. The standard InChI is InChI=1S/C13H18N4O2S/c1-3-7-11(2)10-20(18,19)13-14-15-16-17(13)12-8-5-4-6-9-12/h4-6,8-9,11H,3,7,10H2,1-2H3/t11-/m1/s1. The van der Waals surface area contributed by atoms with E-state index < -0.39 is 9.84 Å². The molecule has 1 aromatic heterocycles. The Morgan fingerprint density at radius 2 is 1.95 bits per heavy atom. The van der Waals surface area contributed by atoms with E-state index in [4.69, 9.17) is 0 Å². The van der Waals surface area contributed by atoms with E-state index >= 15 is 0 Å². The van der Waals surface area contributed by atoms with E-state index in [0.29, 0.717) is 5.69 Å². The molecular weight excluding hydrogens is 276 g/mol. The lowest BCUT2D eigenvalue weighted by Crippen LogP contribution is -2.18. The van der Waals surface area contributed by atoms with Crippen LogP contribution in [-0.2, 0) is 9.84 Å². The molecule has 6 nitrogen and oxygen atoms in total. The second-order valence-corrected chi connectivity index (χ2v) is 6.81. The second-order valence-electron chi connectivity index (χ2n) is 4.88. The highest BCUT2D eigenvalue weighted by molar-refractivity contribution is 7.91. The molecule has 0 amide bonds. The molecule has 0 aliphatic carbocycles. The number of benzene rings is 1. The molecule has 2 aromatic rings. The summed E-state index contributed by atoms with van der Waals surface area (Å²) in [4.78, 5) is 0. The Morgan fingerprint density at radius 1 is 1.25 bits per heavy atom. The minimum absolute atomic E-state index is 0.0635. The van der Waals surface area contributed by atoms with Gasteiger partial charge >= 0.3 is 0 Å². The summed E-state index contributed by atoms with van der Waals surface area (Å²) in [5.41, 5.74) is 0.638. The van der Waals surface area contributed by atoms with E-state index in [2.05, 4.69) is 15.5 Å². The third-order valence-corrected chi connectivity index (χ3v) is 4.82. The summed E-state index contributed by atoms with van der Waals surface area (Å²) in [6.45, 7) is 3.97. The Kier molecular flexibility index (Phi) is 4.49. The average molecular weight is 294 g/mol. The van der Waals surface area contributed by atoms with E-state index in [1.165, 1.54) is 4.68 Å². The minimum atomic E-state index is -3.49. The minimum Gasteiger partial charge on any atom is -0.220 e. The van der Waals surface area contributed by atoms with Crippen molar-refractivity contribution in [2.45, 2.75) is 31.8 Å². The van der Waals surface area contributed by atoms with Crippen LogP contribution in [0.1, 0.15) is 26.7 Å². The van der Waals surface area contributed by atoms with Gasteiger partial charge in [0.15, 0.2) is 0 Å². The summed E-state index contributed by atoms with van der Waals surface area (Å²) in [5.74, 6) is 0.152. The van der Waals surface area contributed by atoms with Gasteiger partial charge in [-0.25, -0.2) is 8.42 Å². The van der Waals surface area contributed by atoms with Crippen LogP contribution in [0.5, 0.6) is 0 Å². The molecule has 0 radical (unpaired) electrons. The maximum Gasteiger partial charge on any atom is 0.272 e. The first-order valence-corrected chi connectivity index (χ1v) is 8.26. The van der Waals surface area contributed by atoms with Crippen LogP contribution < -0.4 is 0 Å². The molecule has 1 aromatic carbocycles. The Morgan fingerprint density at radius 3 is 2.60 bits per heavy atom. The molecule has 0 saturated carbocycles. The number of nitrogens with zero attached hydrogens (tertiary/aromatic N) is 4. The Hall–Kier alpha value is -1.76. The number of hydrogen-bond acceptors (Lipinski definition) is 5. The van der Waals surface area contributed by atoms with Gasteiger partial charge in [-0.1, -0.05) is 43.6 Å². The van der Waals surface area contributed by atoms with E-state index in [9.17, 15) is 8.42 Å². The second kappa shape index (κ2) is 6.13. The molecule has 20 heavy (non-hydrogen) atoms. The summed E-state index contributed by atoms with van der Waals surface area (Å²) in [7, 11) is -3.49. The van der Waals surface area contributed by atoms with Gasteiger partial charge in [0.05, 0.1) is 11.4 Å². The molecule has 7 heteroatoms. The molecule has 1 atom stereocenters. The molecule has 2 rings (SSSR count). The smallest absolute Gasteiger partial charge is 0.220 e. The number of hydrogen-bond donors (Lipinski definition) is 0. The molecule has 0 bridgehead atoms. The topological polar surface area (TPSA) is 77.7 Å². The highest BCUT2D eigenvalue weighted by Gasteiger charge is 2.25. The van der Waals surface area contributed by atoms with Gasteiger partial charge < -0.3 is 0 Å². The molecule has 0 aliphatic heterocycles. The van der Waals surface area contributed by atoms with E-state index in [1.54, 1.807) is 12.1 Å². The maximum atomic E-state index is 12.4. The van der Waals surface area contributed by atoms with Crippen molar-refractivity contribution >= 4 is 9.84 Å². The van der Waals surface area contributed by atoms with Crippen molar-refractivity contribution in [1.82, 2.24) is 20.2 Å². The number of para-hydroxylation sites is 1. The first-order valence-electron chi connectivity index (χ1n) is 6.61. The van der Waals surface area contributed by atoms with Gasteiger partial charge in [-0.2, -0.15) is 4.68 Å². The lowest BCUT2D eigenvalue weighted by Gasteiger charge is -2.10. The molecular formula is C13H18N4O2S. The number of aromatic nitrogens is 4. The van der Waals surface area contributed by atoms with Crippen LogP contribution in [0.2, 0.25) is 0 Å². The van der Waals surface area contributed by atoms with Crippen LogP contribution in [0.4, 0.5) is 0 Å². The fourth-order valence-electron chi connectivity index (χ4n) is 2.13. The van der Waals surface area contributed by atoms with E-state index in [1.807, 2.05) is 32.0 Å². The number of tetrazole rings is 1. The third-order valence-electron chi connectivity index (χ3n) is 3.01. The summed E-state index contributed by atoms with van der Waals surface area (Å²) < 4.78 is 26.1. The van der Waals surface area contributed by atoms with Crippen molar-refractivity contribution in [2.24, 2.45) is 5.92 Å². The monoisotopic (exact) mass is 294 g/mol. The zero-order chi connectivity index (χ0) is 14.6. The number of rotatable bonds is 6. The molecule has 0 unspecified atom stereocenters. The van der Waals surface area contributed by atoms with Gasteiger partial charge in [-0.05, 0) is 34.9 Å². The Balaban J connectivity index is 2.32. The van der Waals surface area contributed by atoms with Crippen molar-refractivity contribution < 1.29 is 8.42 Å². The first-order chi connectivity index (χ1) is 9.54. The largest absolute Gasteiger partial charge is 0.272 e. The molecule has 1 heterocycles. The zero-order valence-electron chi connectivity index (χ0n) is 11.6. The van der Waals surface area contributed by atoms with Crippen LogP contribution in [0.15, 0.2) is 35.5 Å². The maximum absolute atomic E-state index is 12.4. The van der Waals surface area contributed by atoms with Crippen LogP contribution >= 0.6 is 0 Å². The van der Waals surface area contributed by atoms with Crippen molar-refractivity contribution in [2.75, 3.05) is 5.75 Å². The Bertz CT molecular complexity index is 652. The first kappa shape index (κ1) is 14.6. The highest BCUT2D eigenvalue weighted by atomic mass is 32.2. The summed E-state index contributed by atoms with van der Waals surface area (Å²) >= 11 is 0. The SMILES string of the molecule is CCC[C@@H](C)CS(=O)(=O)c1nnnn1-c1ccccc1. The lowest BCUT2D eigenvalue weighted by molar-refractivity contribution is 0.536. The van der Waals surface area contributed by atoms with Crippen molar-refractivity contribution in [1.29, 1.82) is 0 Å². The predicted octanol–water partition coefficient (Wildman–Crippen LogP) is 1.87. The van der Waals surface area contributed by atoms with Crippen LogP contribution in [0, 0.1) is 5.92 Å². The molecule has 0 aliphatic rings. The van der Waals surface area contributed by atoms with Crippen LogP contribution in [0.25, 0.3) is 5.69 Å². The van der Waals surface area contributed by atoms with Gasteiger partial charge in [-0.3, -0.25) is 0 Å². The summed E-state index contributed by atoms with van der Waals surface area (Å²) in [6.07, 6.45) is 1.83. The fraction of sp³-hybridized carbons (Fsp3) is 0.462. The van der Waals surface area contributed by atoms with E-state index in [0.717, 1.165) is 12.8 Å². The zero-order valence-corrected chi connectivity index (χ0v) is 12.4. The molecule has 0 fully saturated rings. The number of sulfone groups is 1. The van der Waals surface area contributed by atoms with Crippen molar-refractivity contribution in [3.8, 4) is 5.69 Å². The molecule has 108 valence electrons. The molecule has 0 spiro atoms. The van der Waals surface area contributed by atoms with Crippen molar-refractivity contribution in [3.63, 3.8) is 0 Å². The normalized spacial score (nSPS) is 13.3. The van der Waals surface area contributed by atoms with Crippen molar-refractivity contribution in [3.05, 3.63) is 30.3 Å². The van der Waals surface area contributed by atoms with Crippen LogP contribution in [0.3, 0.4) is 0 Å². The van der Waals surface area contributed by atoms with Crippen LogP contribution in [-0.4, -0.2) is 34.4 Å². The van der Waals surface area contributed by atoms with Gasteiger partial charge in [0.25, 0.3) is 5.16 Å². The summed E-state index contributed by atoms with van der Waals surface area (Å²) in [5, 5.41) is 10.9. The predicted molar refractivity (Wildman–Crippen MR) is 75.3 cm³/mol. The average Bonchev–Trinajstić information content (AvgIpc) is 2.89. The van der Waals surface area contributed by atoms with Gasteiger partial charge in [-0.15, -0.1) is 0 Å². The van der Waals surface area contributed by atoms with Gasteiger partial charge in [0.2, 0.25) is 9.84 Å². The quantitative estimate of drug-likeness (QED) is 0.812. The van der Waals surface area contributed by atoms with E-state index in [-0.39, 0.29) is 16.8 Å². The molecule has 0 saturated heterocycles. The molecule has 0 N–H and O–H groups in total.